The molecule has 4 heteroatoms. The van der Waals surface area contributed by atoms with Crippen LogP contribution < -0.4 is 11.1 Å². The van der Waals surface area contributed by atoms with E-state index in [1.54, 1.807) is 18.2 Å². The molecule has 98 valence electrons. The zero-order chi connectivity index (χ0) is 14.0. The molecular formula is C15H15BrN2O. The van der Waals surface area contributed by atoms with Gasteiger partial charge in [0.05, 0.1) is 0 Å². The molecule has 2 rings (SSSR count). The number of amides is 1. The predicted molar refractivity (Wildman–Crippen MR) is 82.4 cm³/mol. The summed E-state index contributed by atoms with van der Waals surface area (Å²) >= 11 is 3.32. The predicted octanol–water partition coefficient (Wildman–Crippen LogP) is 3.90. The number of para-hydroxylation sites is 1. The average Bonchev–Trinajstić information content (AvgIpc) is 2.37. The van der Waals surface area contributed by atoms with Gasteiger partial charge >= 0.3 is 0 Å². The molecule has 2 aromatic carbocycles. The van der Waals surface area contributed by atoms with E-state index in [2.05, 4.69) is 21.2 Å². The second-order valence-electron chi connectivity index (χ2n) is 4.46. The topological polar surface area (TPSA) is 55.1 Å². The highest BCUT2D eigenvalue weighted by Gasteiger charge is 2.10. The molecule has 0 atom stereocenters. The molecule has 0 fully saturated rings. The summed E-state index contributed by atoms with van der Waals surface area (Å²) in [5.74, 6) is -0.141. The first-order valence-electron chi connectivity index (χ1n) is 5.91. The van der Waals surface area contributed by atoms with E-state index in [1.807, 2.05) is 32.0 Å². The van der Waals surface area contributed by atoms with Gasteiger partial charge in [-0.1, -0.05) is 18.2 Å². The largest absolute Gasteiger partial charge is 0.398 e. The number of anilines is 2. The first-order valence-corrected chi connectivity index (χ1v) is 6.71. The maximum absolute atomic E-state index is 12.2. The van der Waals surface area contributed by atoms with Crippen LogP contribution in [0.1, 0.15) is 21.5 Å². The minimum absolute atomic E-state index is 0.141. The fraction of sp³-hybridized carbons (Fsp3) is 0.133. The Morgan fingerprint density at radius 1 is 1.16 bits per heavy atom. The summed E-state index contributed by atoms with van der Waals surface area (Å²) in [7, 11) is 0. The molecule has 0 aliphatic rings. The van der Waals surface area contributed by atoms with Crippen molar-refractivity contribution in [1.82, 2.24) is 0 Å². The summed E-state index contributed by atoms with van der Waals surface area (Å²) in [6, 6.07) is 11.1. The van der Waals surface area contributed by atoms with Gasteiger partial charge in [-0.3, -0.25) is 4.79 Å². The van der Waals surface area contributed by atoms with Crippen LogP contribution in [0.2, 0.25) is 0 Å². The summed E-state index contributed by atoms with van der Waals surface area (Å²) in [6.45, 7) is 3.95. The molecule has 0 radical (unpaired) electrons. The number of nitrogens with two attached hydrogens (primary N) is 1. The summed E-state index contributed by atoms with van der Waals surface area (Å²) < 4.78 is 0.724. The zero-order valence-electron chi connectivity index (χ0n) is 10.8. The van der Waals surface area contributed by atoms with Crippen LogP contribution in [0.15, 0.2) is 40.9 Å². The molecule has 2 aromatic rings. The van der Waals surface area contributed by atoms with E-state index < -0.39 is 0 Å². The summed E-state index contributed by atoms with van der Waals surface area (Å²) in [6.07, 6.45) is 0. The Labute approximate surface area is 121 Å². The van der Waals surface area contributed by atoms with Gasteiger partial charge in [-0.25, -0.2) is 0 Å². The number of carbonyl (C=O) groups is 1. The van der Waals surface area contributed by atoms with Crippen LogP contribution in [0.5, 0.6) is 0 Å². The summed E-state index contributed by atoms with van der Waals surface area (Å²) in [5, 5.41) is 2.94. The van der Waals surface area contributed by atoms with Crippen molar-refractivity contribution < 1.29 is 4.79 Å². The van der Waals surface area contributed by atoms with Gasteiger partial charge in [-0.15, -0.1) is 0 Å². The van der Waals surface area contributed by atoms with Crippen LogP contribution in [0.4, 0.5) is 11.4 Å². The highest BCUT2D eigenvalue weighted by molar-refractivity contribution is 9.10. The number of nitrogens with one attached hydrogen (secondary N) is 1. The van der Waals surface area contributed by atoms with Crippen molar-refractivity contribution in [3.8, 4) is 0 Å². The van der Waals surface area contributed by atoms with Crippen LogP contribution >= 0.6 is 15.9 Å². The van der Waals surface area contributed by atoms with Gasteiger partial charge in [0.25, 0.3) is 5.91 Å². The highest BCUT2D eigenvalue weighted by Crippen LogP contribution is 2.23. The van der Waals surface area contributed by atoms with Crippen molar-refractivity contribution >= 4 is 33.2 Å². The molecule has 0 spiro atoms. The van der Waals surface area contributed by atoms with Gasteiger partial charge in [0, 0.05) is 21.4 Å². The van der Waals surface area contributed by atoms with E-state index in [9.17, 15) is 4.79 Å². The van der Waals surface area contributed by atoms with Crippen LogP contribution in [-0.2, 0) is 0 Å². The summed E-state index contributed by atoms with van der Waals surface area (Å²) in [5.41, 5.74) is 9.85. The second-order valence-corrected chi connectivity index (χ2v) is 5.31. The molecule has 0 heterocycles. The Bertz CT molecular complexity index is 618. The van der Waals surface area contributed by atoms with E-state index in [4.69, 9.17) is 5.73 Å². The van der Waals surface area contributed by atoms with E-state index in [-0.39, 0.29) is 5.91 Å². The Kier molecular flexibility index (Phi) is 3.90. The molecule has 3 N–H and O–H groups in total. The first kappa shape index (κ1) is 13.6. The lowest BCUT2D eigenvalue weighted by Gasteiger charge is -2.11. The van der Waals surface area contributed by atoms with Crippen LogP contribution in [0, 0.1) is 13.8 Å². The lowest BCUT2D eigenvalue weighted by atomic mass is 10.1. The Morgan fingerprint density at radius 3 is 2.37 bits per heavy atom. The molecular weight excluding hydrogens is 304 g/mol. The monoisotopic (exact) mass is 318 g/mol. The Balaban J connectivity index is 2.28. The van der Waals surface area contributed by atoms with Gasteiger partial charge in [0.1, 0.15) is 0 Å². The number of rotatable bonds is 2. The van der Waals surface area contributed by atoms with Crippen molar-refractivity contribution in [3.63, 3.8) is 0 Å². The molecule has 0 bridgehead atoms. The van der Waals surface area contributed by atoms with Crippen LogP contribution in [0.3, 0.4) is 0 Å². The standard InChI is InChI=1S/C15H15BrN2O/c1-9-4-3-5-10(2)14(9)18-15(19)11-6-7-13(17)12(16)8-11/h3-8H,17H2,1-2H3,(H,18,19). The van der Waals surface area contributed by atoms with Crippen molar-refractivity contribution in [2.75, 3.05) is 11.1 Å². The van der Waals surface area contributed by atoms with Gasteiger partial charge in [-0.2, -0.15) is 0 Å². The minimum atomic E-state index is -0.141. The quantitative estimate of drug-likeness (QED) is 0.825. The molecule has 0 saturated carbocycles. The van der Waals surface area contributed by atoms with Gasteiger partial charge in [0.15, 0.2) is 0 Å². The Hall–Kier alpha value is -1.81. The number of nitrogen functional groups attached to an aromatic ring is 1. The number of aryl methyl sites for hydroxylation is 2. The Morgan fingerprint density at radius 2 is 1.79 bits per heavy atom. The molecule has 0 aliphatic carbocycles. The number of halogens is 1. The van der Waals surface area contributed by atoms with Gasteiger partial charge in [0.2, 0.25) is 0 Å². The van der Waals surface area contributed by atoms with Crippen molar-refractivity contribution in [3.05, 3.63) is 57.6 Å². The maximum atomic E-state index is 12.2. The normalized spacial score (nSPS) is 10.3. The molecule has 19 heavy (non-hydrogen) atoms. The molecule has 3 nitrogen and oxygen atoms in total. The molecule has 1 amide bonds. The third-order valence-electron chi connectivity index (χ3n) is 2.98. The lowest BCUT2D eigenvalue weighted by molar-refractivity contribution is 0.102. The van der Waals surface area contributed by atoms with E-state index >= 15 is 0 Å². The van der Waals surface area contributed by atoms with Crippen molar-refractivity contribution in [2.24, 2.45) is 0 Å². The number of carbonyl (C=O) groups excluding carboxylic acids is 1. The minimum Gasteiger partial charge on any atom is -0.398 e. The lowest BCUT2D eigenvalue weighted by Crippen LogP contribution is -2.14. The van der Waals surface area contributed by atoms with E-state index in [0.717, 1.165) is 21.3 Å². The SMILES string of the molecule is Cc1cccc(C)c1NC(=O)c1ccc(N)c(Br)c1. The highest BCUT2D eigenvalue weighted by atomic mass is 79.9. The fourth-order valence-electron chi connectivity index (χ4n) is 1.87. The average molecular weight is 319 g/mol. The number of benzene rings is 2. The van der Waals surface area contributed by atoms with Crippen molar-refractivity contribution in [1.29, 1.82) is 0 Å². The maximum Gasteiger partial charge on any atom is 0.255 e. The molecule has 0 saturated heterocycles. The van der Waals surface area contributed by atoms with Crippen molar-refractivity contribution in [2.45, 2.75) is 13.8 Å². The first-order chi connectivity index (χ1) is 8.99. The summed E-state index contributed by atoms with van der Waals surface area (Å²) in [4.78, 5) is 12.2. The number of hydrogen-bond acceptors (Lipinski definition) is 2. The van der Waals surface area contributed by atoms with E-state index in [1.165, 1.54) is 0 Å². The third kappa shape index (κ3) is 2.96. The molecule has 0 aromatic heterocycles. The van der Waals surface area contributed by atoms with Crippen LogP contribution in [0.25, 0.3) is 0 Å². The van der Waals surface area contributed by atoms with Gasteiger partial charge < -0.3 is 11.1 Å². The molecule has 0 unspecified atom stereocenters. The fourth-order valence-corrected chi connectivity index (χ4v) is 2.24. The second kappa shape index (κ2) is 5.45. The van der Waals surface area contributed by atoms with Crippen LogP contribution in [-0.4, -0.2) is 5.91 Å². The number of hydrogen-bond donors (Lipinski definition) is 2. The van der Waals surface area contributed by atoms with Gasteiger partial charge in [-0.05, 0) is 59.1 Å². The third-order valence-corrected chi connectivity index (χ3v) is 3.67. The van der Waals surface area contributed by atoms with E-state index in [0.29, 0.717) is 11.3 Å². The molecule has 0 aliphatic heterocycles. The smallest absolute Gasteiger partial charge is 0.255 e. The zero-order valence-corrected chi connectivity index (χ0v) is 12.4.